The molecule has 1 heterocycles. The smallest absolute Gasteiger partial charge is 0.502 e. The van der Waals surface area contributed by atoms with Gasteiger partial charge in [-0.15, -0.1) is 0 Å². The van der Waals surface area contributed by atoms with Crippen molar-refractivity contribution in [1.29, 1.82) is 0 Å². The Hall–Kier alpha value is -1.86. The average Bonchev–Trinajstić information content (AvgIpc) is 2.54. The summed E-state index contributed by atoms with van der Waals surface area (Å²) in [5.41, 5.74) is 6.68. The van der Waals surface area contributed by atoms with Crippen LogP contribution in [0.2, 0.25) is 0 Å². The monoisotopic (exact) mass is 235 g/mol. The molecular weight excluding hydrogens is 225 g/mol. The number of hydrogen-bond donors (Lipinski definition) is 3. The summed E-state index contributed by atoms with van der Waals surface area (Å²) in [6.45, 7) is 0. The zero-order chi connectivity index (χ0) is 12.6. The first-order valence-electron chi connectivity index (χ1n) is 4.99. The van der Waals surface area contributed by atoms with Gasteiger partial charge < -0.3 is 20.5 Å². The summed E-state index contributed by atoms with van der Waals surface area (Å²) in [5, 5.41) is 18.1. The van der Waals surface area contributed by atoms with Crippen LogP contribution < -0.4 is 11.2 Å². The van der Waals surface area contributed by atoms with Gasteiger partial charge in [0.25, 0.3) is 0 Å². The predicted molar refractivity (Wildman–Crippen MR) is 58.8 cm³/mol. The van der Waals surface area contributed by atoms with Crippen LogP contribution in [0.1, 0.15) is 15.9 Å². The summed E-state index contributed by atoms with van der Waals surface area (Å²) in [4.78, 5) is 21.8. The van der Waals surface area contributed by atoms with Crippen molar-refractivity contribution in [3.05, 3.63) is 29.3 Å². The number of benzene rings is 1. The van der Waals surface area contributed by atoms with Crippen molar-refractivity contribution in [3.63, 3.8) is 0 Å². The molecule has 1 aliphatic heterocycles. The van der Waals surface area contributed by atoms with Gasteiger partial charge in [-0.25, -0.2) is 4.79 Å². The summed E-state index contributed by atoms with van der Waals surface area (Å²) in [6.07, 6.45) is 0.128. The van der Waals surface area contributed by atoms with E-state index in [2.05, 4.69) is 4.65 Å². The van der Waals surface area contributed by atoms with Crippen LogP contribution in [-0.4, -0.2) is 35.2 Å². The normalized spacial score (nSPS) is 15.4. The Bertz CT molecular complexity index is 490. The number of nitrogens with two attached hydrogens (primary N) is 1. The molecule has 4 N–H and O–H groups in total. The lowest BCUT2D eigenvalue weighted by atomic mass is 9.78. The maximum atomic E-state index is 11.2. The molecule has 1 aromatic carbocycles. The fraction of sp³-hybridized carbons (Fsp3) is 0.200. The zero-order valence-electron chi connectivity index (χ0n) is 8.79. The van der Waals surface area contributed by atoms with Gasteiger partial charge in [-0.1, -0.05) is 12.1 Å². The minimum absolute atomic E-state index is 0.128. The van der Waals surface area contributed by atoms with Crippen molar-refractivity contribution in [2.45, 2.75) is 12.5 Å². The Kier molecular flexibility index (Phi) is 2.87. The lowest BCUT2D eigenvalue weighted by Crippen LogP contribution is -2.33. The molecular formula is C10H10BNO5. The largest absolute Gasteiger partial charge is 0.563 e. The van der Waals surface area contributed by atoms with E-state index in [0.717, 1.165) is 0 Å². The Morgan fingerprint density at radius 2 is 2.24 bits per heavy atom. The van der Waals surface area contributed by atoms with Crippen LogP contribution in [0.4, 0.5) is 0 Å². The van der Waals surface area contributed by atoms with Crippen molar-refractivity contribution in [2.75, 3.05) is 0 Å². The van der Waals surface area contributed by atoms with Crippen LogP contribution in [0.3, 0.4) is 0 Å². The summed E-state index contributed by atoms with van der Waals surface area (Å²) in [5.74, 6) is -1.68. The molecule has 0 unspecified atom stereocenters. The van der Waals surface area contributed by atoms with Crippen molar-refractivity contribution in [2.24, 2.45) is 5.73 Å². The molecule has 17 heavy (non-hydrogen) atoms. The van der Waals surface area contributed by atoms with E-state index in [9.17, 15) is 14.6 Å². The number of aliphatic carboxylic acids is 1. The van der Waals surface area contributed by atoms with E-state index in [1.54, 1.807) is 6.07 Å². The zero-order valence-corrected chi connectivity index (χ0v) is 8.79. The van der Waals surface area contributed by atoms with Crippen molar-refractivity contribution < 1.29 is 24.4 Å². The molecule has 0 aromatic heterocycles. The molecule has 2 rings (SSSR count). The number of rotatable bonds is 3. The second-order valence-corrected chi connectivity index (χ2v) is 3.83. The van der Waals surface area contributed by atoms with Gasteiger partial charge in [-0.2, -0.15) is 0 Å². The highest BCUT2D eigenvalue weighted by Crippen LogP contribution is 2.12. The van der Waals surface area contributed by atoms with E-state index in [-0.39, 0.29) is 6.42 Å². The maximum absolute atomic E-state index is 11.2. The van der Waals surface area contributed by atoms with Gasteiger partial charge in [0.1, 0.15) is 6.04 Å². The third-order valence-electron chi connectivity index (χ3n) is 2.59. The molecule has 7 heteroatoms. The van der Waals surface area contributed by atoms with Gasteiger partial charge in [0.15, 0.2) is 0 Å². The maximum Gasteiger partial charge on any atom is 0.563 e. The van der Waals surface area contributed by atoms with E-state index >= 15 is 0 Å². The summed E-state index contributed by atoms with van der Waals surface area (Å²) in [6, 6.07) is 3.62. The minimum atomic E-state index is -1.28. The summed E-state index contributed by atoms with van der Waals surface area (Å²) >= 11 is 0. The molecule has 0 amide bonds. The first kappa shape index (κ1) is 11.6. The number of carboxylic acid groups (broad SMARTS) is 1. The van der Waals surface area contributed by atoms with E-state index in [4.69, 9.17) is 10.8 Å². The van der Waals surface area contributed by atoms with Gasteiger partial charge in [0.05, 0.1) is 5.56 Å². The number of carbonyl (C=O) groups is 2. The Morgan fingerprint density at radius 1 is 1.53 bits per heavy atom. The van der Waals surface area contributed by atoms with Crippen LogP contribution in [0.25, 0.3) is 0 Å². The molecule has 88 valence electrons. The van der Waals surface area contributed by atoms with Gasteiger partial charge in [-0.3, -0.25) is 4.79 Å². The fourth-order valence-corrected chi connectivity index (χ4v) is 1.70. The van der Waals surface area contributed by atoms with Crippen molar-refractivity contribution in [3.8, 4) is 0 Å². The van der Waals surface area contributed by atoms with E-state index in [1.165, 1.54) is 12.1 Å². The average molecular weight is 235 g/mol. The van der Waals surface area contributed by atoms with Gasteiger partial charge in [0, 0.05) is 5.46 Å². The van der Waals surface area contributed by atoms with Crippen LogP contribution in [0, 0.1) is 0 Å². The number of carboxylic acids is 1. The minimum Gasteiger partial charge on any atom is -0.502 e. The molecule has 0 aliphatic carbocycles. The molecule has 1 aliphatic rings. The third-order valence-corrected chi connectivity index (χ3v) is 2.59. The SMILES string of the molecule is N[C@@H](Cc1ccc2c(c1)B(O)OC2=O)C(=O)O. The lowest BCUT2D eigenvalue weighted by molar-refractivity contribution is -0.138. The van der Waals surface area contributed by atoms with Gasteiger partial charge in [0.2, 0.25) is 0 Å². The van der Waals surface area contributed by atoms with E-state index < -0.39 is 25.1 Å². The Balaban J connectivity index is 2.26. The van der Waals surface area contributed by atoms with Crippen LogP contribution in [-0.2, 0) is 15.9 Å². The molecule has 1 atom stereocenters. The molecule has 0 fully saturated rings. The molecule has 6 nitrogen and oxygen atoms in total. The molecule has 0 radical (unpaired) electrons. The van der Waals surface area contributed by atoms with Gasteiger partial charge in [-0.05, 0) is 18.1 Å². The second kappa shape index (κ2) is 4.19. The van der Waals surface area contributed by atoms with Crippen LogP contribution in [0.5, 0.6) is 0 Å². The topological polar surface area (TPSA) is 110 Å². The predicted octanol–water partition coefficient (Wildman–Crippen LogP) is -1.50. The highest BCUT2D eigenvalue weighted by molar-refractivity contribution is 6.66. The second-order valence-electron chi connectivity index (χ2n) is 3.83. The van der Waals surface area contributed by atoms with Crippen molar-refractivity contribution >= 4 is 24.5 Å². The quantitative estimate of drug-likeness (QED) is 0.550. The van der Waals surface area contributed by atoms with Crippen LogP contribution in [0.15, 0.2) is 18.2 Å². The lowest BCUT2D eigenvalue weighted by Gasteiger charge is -2.07. The number of carbonyl (C=O) groups excluding carboxylic acids is 1. The van der Waals surface area contributed by atoms with Gasteiger partial charge >= 0.3 is 19.1 Å². The molecule has 0 spiro atoms. The highest BCUT2D eigenvalue weighted by Gasteiger charge is 2.35. The van der Waals surface area contributed by atoms with E-state index in [0.29, 0.717) is 16.6 Å². The number of fused-ring (bicyclic) bond motifs is 1. The Labute approximate surface area is 97.1 Å². The third kappa shape index (κ3) is 2.15. The fourth-order valence-electron chi connectivity index (χ4n) is 1.70. The first-order chi connectivity index (χ1) is 7.99. The molecule has 0 bridgehead atoms. The standard InChI is InChI=1S/C10H10BNO5/c12-8(9(13)14)4-5-1-2-6-7(3-5)11(16)17-10(6)15/h1-3,8,16H,4,12H2,(H,13,14)/t8-/m0/s1. The van der Waals surface area contributed by atoms with Crippen LogP contribution >= 0.6 is 0 Å². The molecule has 0 saturated heterocycles. The summed E-state index contributed by atoms with van der Waals surface area (Å²) in [7, 11) is -1.28. The molecule has 0 saturated carbocycles. The summed E-state index contributed by atoms with van der Waals surface area (Å²) < 4.78 is 4.61. The van der Waals surface area contributed by atoms with Crippen molar-refractivity contribution in [1.82, 2.24) is 0 Å². The Morgan fingerprint density at radius 3 is 2.88 bits per heavy atom. The highest BCUT2D eigenvalue weighted by atomic mass is 16.6. The van der Waals surface area contributed by atoms with E-state index in [1.807, 2.05) is 0 Å². The first-order valence-corrected chi connectivity index (χ1v) is 4.99. The number of hydrogen-bond acceptors (Lipinski definition) is 5. The molecule has 1 aromatic rings.